The molecule has 226 valence electrons. The largest absolute Gasteiger partial charge is 0.507 e. The average Bonchev–Trinajstić information content (AvgIpc) is 3.24. The molecular formula is C33H35F2N3O5. The van der Waals surface area contributed by atoms with Gasteiger partial charge in [-0.25, -0.2) is 18.6 Å². The number of rotatable bonds is 7. The van der Waals surface area contributed by atoms with Crippen LogP contribution in [-0.2, 0) is 20.8 Å². The van der Waals surface area contributed by atoms with E-state index in [1.165, 1.54) is 24.1 Å². The van der Waals surface area contributed by atoms with Crippen molar-refractivity contribution in [3.05, 3.63) is 77.0 Å². The number of aromatic nitrogens is 1. The van der Waals surface area contributed by atoms with Crippen LogP contribution in [0.4, 0.5) is 19.4 Å². The first-order valence-corrected chi connectivity index (χ1v) is 14.8. The molecular weight excluding hydrogens is 556 g/mol. The summed E-state index contributed by atoms with van der Waals surface area (Å²) in [6, 6.07) is 12.1. The second-order valence-electron chi connectivity index (χ2n) is 11.7. The van der Waals surface area contributed by atoms with Crippen molar-refractivity contribution in [3.8, 4) is 16.9 Å². The Morgan fingerprint density at radius 3 is 2.37 bits per heavy atom. The lowest BCUT2D eigenvalue weighted by molar-refractivity contribution is -0.146. The van der Waals surface area contributed by atoms with Crippen LogP contribution >= 0.6 is 0 Å². The number of phenols is 1. The number of hydrogen-bond donors (Lipinski definition) is 1. The van der Waals surface area contributed by atoms with E-state index >= 15 is 0 Å². The number of amides is 1. The molecule has 2 atom stereocenters. The molecule has 3 heterocycles. The third-order valence-corrected chi connectivity index (χ3v) is 9.11. The molecule has 1 N–H and O–H groups in total. The van der Waals surface area contributed by atoms with Crippen molar-refractivity contribution in [2.24, 2.45) is 5.92 Å². The highest BCUT2D eigenvalue weighted by molar-refractivity contribution is 5.76. The van der Waals surface area contributed by atoms with E-state index < -0.39 is 29.9 Å². The van der Waals surface area contributed by atoms with Gasteiger partial charge in [0.2, 0.25) is 0 Å². The molecule has 2 saturated heterocycles. The highest BCUT2D eigenvalue weighted by Gasteiger charge is 2.41. The Kier molecular flexibility index (Phi) is 7.94. The molecule has 0 bridgehead atoms. The van der Waals surface area contributed by atoms with E-state index in [1.807, 2.05) is 24.3 Å². The molecule has 0 unspecified atom stereocenters. The zero-order valence-corrected chi connectivity index (χ0v) is 24.3. The third-order valence-electron chi connectivity index (χ3n) is 9.11. The third kappa shape index (κ3) is 5.75. The Hall–Kier alpha value is -4.21. The predicted molar refractivity (Wildman–Crippen MR) is 155 cm³/mol. The number of carbonyl (C=O) groups is 2. The number of halogens is 2. The Bertz CT molecular complexity index is 1520. The summed E-state index contributed by atoms with van der Waals surface area (Å²) in [4.78, 5) is 33.7. The number of hydrogen-bond acceptors (Lipinski definition) is 7. The minimum absolute atomic E-state index is 0.0826. The fraction of sp³-hybridized carbons (Fsp3) is 0.424. The van der Waals surface area contributed by atoms with Gasteiger partial charge >= 0.3 is 12.1 Å². The molecule has 0 spiro atoms. The van der Waals surface area contributed by atoms with E-state index in [4.69, 9.17) is 14.5 Å². The Morgan fingerprint density at radius 1 is 1.00 bits per heavy atom. The van der Waals surface area contributed by atoms with Gasteiger partial charge in [-0.1, -0.05) is 6.07 Å². The summed E-state index contributed by atoms with van der Waals surface area (Å²) in [6.07, 6.45) is 2.78. The van der Waals surface area contributed by atoms with E-state index in [0.717, 1.165) is 62.6 Å². The van der Waals surface area contributed by atoms with Crippen LogP contribution < -0.4 is 4.90 Å². The van der Waals surface area contributed by atoms with Gasteiger partial charge in [0.05, 0.1) is 31.3 Å². The summed E-state index contributed by atoms with van der Waals surface area (Å²) in [7, 11) is 1.42. The number of pyridine rings is 1. The van der Waals surface area contributed by atoms with Crippen LogP contribution in [0, 0.1) is 17.6 Å². The van der Waals surface area contributed by atoms with E-state index in [1.54, 1.807) is 13.0 Å². The number of methoxy groups -OCH3 is 1. The zero-order chi connectivity index (χ0) is 30.2. The fourth-order valence-electron chi connectivity index (χ4n) is 6.49. The lowest BCUT2D eigenvalue weighted by atomic mass is 9.78. The standard InChI is InChI=1S/C33H35F2N3O5/c1-19-31(23-14-24(34)17-25(35)15-23)43-33(41)38(19)18-28-26(9-11-30(36-28)37-12-3-13-37)27-16-22(8-10-29(27)39)20-4-6-21(7-5-20)32(40)42-2/h8-11,14-17,19-21,31,39H,3-7,12-13,18H2,1-2H3/t19-,20-,21-,31-/m0/s1. The molecule has 1 aliphatic carbocycles. The number of cyclic esters (lactones) is 1. The molecule has 1 amide bonds. The van der Waals surface area contributed by atoms with Crippen molar-refractivity contribution < 1.29 is 33.0 Å². The summed E-state index contributed by atoms with van der Waals surface area (Å²) < 4.78 is 38.5. The Balaban J connectivity index is 1.31. The summed E-state index contributed by atoms with van der Waals surface area (Å²) in [5.41, 5.74) is 3.19. The van der Waals surface area contributed by atoms with E-state index in [9.17, 15) is 23.5 Å². The van der Waals surface area contributed by atoms with Crippen LogP contribution in [0.5, 0.6) is 5.75 Å². The minimum Gasteiger partial charge on any atom is -0.507 e. The molecule has 0 radical (unpaired) electrons. The number of benzene rings is 2. The average molecular weight is 592 g/mol. The smallest absolute Gasteiger partial charge is 0.411 e. The Morgan fingerprint density at radius 2 is 1.72 bits per heavy atom. The van der Waals surface area contributed by atoms with E-state index in [-0.39, 0.29) is 35.7 Å². The van der Waals surface area contributed by atoms with Crippen molar-refractivity contribution in [2.75, 3.05) is 25.1 Å². The van der Waals surface area contributed by atoms with E-state index in [0.29, 0.717) is 16.8 Å². The molecule has 6 rings (SSSR count). The van der Waals surface area contributed by atoms with Gasteiger partial charge < -0.3 is 19.5 Å². The lowest BCUT2D eigenvalue weighted by Gasteiger charge is -2.33. The second-order valence-corrected chi connectivity index (χ2v) is 11.7. The van der Waals surface area contributed by atoms with Gasteiger partial charge in [0.25, 0.3) is 0 Å². The molecule has 3 aromatic rings. The van der Waals surface area contributed by atoms with Gasteiger partial charge in [0, 0.05) is 35.8 Å². The molecule has 2 aliphatic heterocycles. The van der Waals surface area contributed by atoms with Crippen LogP contribution in [0.3, 0.4) is 0 Å². The molecule has 43 heavy (non-hydrogen) atoms. The molecule has 3 fully saturated rings. The molecule has 2 aromatic carbocycles. The van der Waals surface area contributed by atoms with Gasteiger partial charge in [-0.2, -0.15) is 0 Å². The maximum absolute atomic E-state index is 14.0. The maximum Gasteiger partial charge on any atom is 0.411 e. The van der Waals surface area contributed by atoms with Crippen LogP contribution in [-0.4, -0.2) is 53.3 Å². The molecule has 10 heteroatoms. The molecule has 1 aromatic heterocycles. The van der Waals surface area contributed by atoms with Crippen molar-refractivity contribution in [1.29, 1.82) is 0 Å². The number of carbonyl (C=O) groups excluding carboxylic acids is 2. The number of aromatic hydroxyl groups is 1. The SMILES string of the molecule is COC(=O)[C@H]1CC[C@H](c2ccc(O)c(-c3ccc(N4CCC4)nc3CN3C(=O)O[C@H](c4cc(F)cc(F)c4)[C@@H]3C)c2)CC1. The topological polar surface area (TPSA) is 92.2 Å². The monoisotopic (exact) mass is 591 g/mol. The normalized spacial score (nSPS) is 23.6. The van der Waals surface area contributed by atoms with Crippen LogP contribution in [0.1, 0.15) is 67.9 Å². The summed E-state index contributed by atoms with van der Waals surface area (Å²) in [5.74, 6) is -0.616. The first-order valence-electron chi connectivity index (χ1n) is 14.8. The quantitative estimate of drug-likeness (QED) is 0.315. The number of ether oxygens (including phenoxy) is 2. The second kappa shape index (κ2) is 11.8. The Labute approximate surface area is 249 Å². The maximum atomic E-state index is 14.0. The summed E-state index contributed by atoms with van der Waals surface area (Å²) in [6.45, 7) is 3.63. The van der Waals surface area contributed by atoms with Gasteiger partial charge in [0.1, 0.15) is 29.3 Å². The number of esters is 1. The molecule has 1 saturated carbocycles. The molecule has 3 aliphatic rings. The highest BCUT2D eigenvalue weighted by atomic mass is 19.1. The van der Waals surface area contributed by atoms with Crippen LogP contribution in [0.25, 0.3) is 11.1 Å². The van der Waals surface area contributed by atoms with Gasteiger partial charge in [0.15, 0.2) is 0 Å². The first kappa shape index (κ1) is 28.9. The van der Waals surface area contributed by atoms with Gasteiger partial charge in [-0.15, -0.1) is 0 Å². The zero-order valence-electron chi connectivity index (χ0n) is 24.3. The van der Waals surface area contributed by atoms with Crippen molar-refractivity contribution in [1.82, 2.24) is 9.88 Å². The summed E-state index contributed by atoms with van der Waals surface area (Å²) >= 11 is 0. The first-order chi connectivity index (χ1) is 20.7. The van der Waals surface area contributed by atoms with Crippen molar-refractivity contribution in [2.45, 2.75) is 63.6 Å². The van der Waals surface area contributed by atoms with Crippen molar-refractivity contribution >= 4 is 17.9 Å². The highest BCUT2D eigenvalue weighted by Crippen LogP contribution is 2.42. The predicted octanol–water partition coefficient (Wildman–Crippen LogP) is 6.47. The van der Waals surface area contributed by atoms with Crippen LogP contribution in [0.2, 0.25) is 0 Å². The lowest BCUT2D eigenvalue weighted by Crippen LogP contribution is -2.38. The minimum atomic E-state index is -0.850. The van der Waals surface area contributed by atoms with Crippen LogP contribution in [0.15, 0.2) is 48.5 Å². The van der Waals surface area contributed by atoms with Gasteiger partial charge in [-0.3, -0.25) is 9.69 Å². The number of phenolic OH excluding ortho intramolecular Hbond substituents is 1. The number of anilines is 1. The van der Waals surface area contributed by atoms with Gasteiger partial charge in [-0.05, 0) is 86.9 Å². The fourth-order valence-corrected chi connectivity index (χ4v) is 6.49. The van der Waals surface area contributed by atoms with E-state index in [2.05, 4.69) is 4.90 Å². The summed E-state index contributed by atoms with van der Waals surface area (Å²) in [5, 5.41) is 11.0. The number of nitrogens with zero attached hydrogens (tertiary/aromatic N) is 3. The molecule has 8 nitrogen and oxygen atoms in total. The van der Waals surface area contributed by atoms with Crippen molar-refractivity contribution in [3.63, 3.8) is 0 Å².